The van der Waals surface area contributed by atoms with E-state index < -0.39 is 22.5 Å². The van der Waals surface area contributed by atoms with Crippen molar-refractivity contribution in [2.24, 2.45) is 5.10 Å². The number of para-hydroxylation sites is 1. The number of anilines is 1. The van der Waals surface area contributed by atoms with Crippen LogP contribution in [0.15, 0.2) is 82.8 Å². The maximum atomic E-state index is 13.4. The van der Waals surface area contributed by atoms with Crippen molar-refractivity contribution >= 4 is 33.7 Å². The number of carbonyl (C=O) groups is 2. The lowest BCUT2D eigenvalue weighted by molar-refractivity contribution is -0.121. The van der Waals surface area contributed by atoms with E-state index in [-0.39, 0.29) is 28.8 Å². The highest BCUT2D eigenvalue weighted by Gasteiger charge is 2.26. The van der Waals surface area contributed by atoms with E-state index in [0.29, 0.717) is 24.3 Å². The van der Waals surface area contributed by atoms with E-state index in [2.05, 4.69) is 15.8 Å². The number of hydrogen-bond donors (Lipinski definition) is 3. The van der Waals surface area contributed by atoms with Gasteiger partial charge in [0.05, 0.1) is 24.3 Å². The number of ether oxygens (including phenoxy) is 1. The highest BCUT2D eigenvalue weighted by atomic mass is 32.2. The van der Waals surface area contributed by atoms with Gasteiger partial charge in [0.2, 0.25) is 15.9 Å². The van der Waals surface area contributed by atoms with Gasteiger partial charge in [-0.05, 0) is 55.3 Å². The van der Waals surface area contributed by atoms with Crippen molar-refractivity contribution in [3.05, 3.63) is 83.9 Å². The summed E-state index contributed by atoms with van der Waals surface area (Å²) in [6, 6.07) is 19.9. The molecule has 0 spiro atoms. The Labute approximate surface area is 222 Å². The summed E-state index contributed by atoms with van der Waals surface area (Å²) >= 11 is 0. The fourth-order valence-electron chi connectivity index (χ4n) is 3.53. The van der Waals surface area contributed by atoms with Crippen LogP contribution in [0.3, 0.4) is 0 Å². The third-order valence-electron chi connectivity index (χ3n) is 5.35. The number of sulfonamides is 1. The number of phenols is 1. The molecule has 2 amide bonds. The van der Waals surface area contributed by atoms with E-state index in [1.54, 1.807) is 25.1 Å². The zero-order chi connectivity index (χ0) is 27.5. The average Bonchev–Trinajstić information content (AvgIpc) is 2.89. The Kier molecular flexibility index (Phi) is 9.97. The molecule has 3 aromatic carbocycles. The van der Waals surface area contributed by atoms with Gasteiger partial charge in [-0.3, -0.25) is 9.59 Å². The first-order chi connectivity index (χ1) is 18.2. The largest absolute Gasteiger partial charge is 0.504 e. The smallest absolute Gasteiger partial charge is 0.255 e. The van der Waals surface area contributed by atoms with E-state index in [1.165, 1.54) is 37.4 Å². The van der Waals surface area contributed by atoms with Crippen molar-refractivity contribution in [2.45, 2.75) is 25.2 Å². The number of rotatable bonds is 12. The molecule has 3 aromatic rings. The molecule has 0 unspecified atom stereocenters. The lowest BCUT2D eigenvalue weighted by Gasteiger charge is -2.21. The molecule has 0 saturated carbocycles. The maximum absolute atomic E-state index is 13.4. The summed E-state index contributed by atoms with van der Waals surface area (Å²) in [6.45, 7) is 3.08. The van der Waals surface area contributed by atoms with Gasteiger partial charge in [-0.25, -0.2) is 13.8 Å². The molecule has 38 heavy (non-hydrogen) atoms. The maximum Gasteiger partial charge on any atom is 0.255 e. The van der Waals surface area contributed by atoms with Crippen LogP contribution in [0.1, 0.15) is 25.0 Å². The Morgan fingerprint density at radius 1 is 1.03 bits per heavy atom. The molecule has 0 atom stereocenters. The van der Waals surface area contributed by atoms with Crippen LogP contribution in [0.5, 0.6) is 11.5 Å². The fourth-order valence-corrected chi connectivity index (χ4v) is 4.93. The summed E-state index contributed by atoms with van der Waals surface area (Å²) in [5.74, 6) is -0.777. The van der Waals surface area contributed by atoms with Crippen LogP contribution in [0, 0.1) is 0 Å². The minimum absolute atomic E-state index is 0.0198. The zero-order valence-electron chi connectivity index (χ0n) is 21.1. The second kappa shape index (κ2) is 13.4. The quantitative estimate of drug-likeness (QED) is 0.239. The Balaban J connectivity index is 1.76. The van der Waals surface area contributed by atoms with Crippen LogP contribution in [-0.4, -0.2) is 55.6 Å². The van der Waals surface area contributed by atoms with Gasteiger partial charge in [-0.15, -0.1) is 0 Å². The molecule has 0 saturated heterocycles. The van der Waals surface area contributed by atoms with Gasteiger partial charge in [-0.1, -0.05) is 36.4 Å². The molecular weight excluding hydrogens is 508 g/mol. The van der Waals surface area contributed by atoms with Crippen molar-refractivity contribution in [3.63, 3.8) is 0 Å². The first-order valence-corrected chi connectivity index (χ1v) is 13.3. The fraction of sp³-hybridized carbons (Fsp3) is 0.222. The Morgan fingerprint density at radius 2 is 1.74 bits per heavy atom. The molecule has 0 radical (unpaired) electrons. The standard InChI is InChI=1S/C27H30N4O6S/c1-3-37-25-11-7-10-22(27(25)34)18-28-30-26(33)19-31(17-16-21-8-5-4-6-9-21)38(35,36)24-14-12-23(13-15-24)29-20(2)32/h4-15,18,34H,3,16-17,19H2,1-2H3,(H,29,32)(H,30,33)/b28-18-. The second-order valence-corrected chi connectivity index (χ2v) is 10.1. The average molecular weight is 539 g/mol. The van der Waals surface area contributed by atoms with Crippen LogP contribution < -0.4 is 15.5 Å². The van der Waals surface area contributed by atoms with Crippen LogP contribution in [0.2, 0.25) is 0 Å². The normalized spacial score (nSPS) is 11.4. The Morgan fingerprint density at radius 3 is 2.39 bits per heavy atom. The second-order valence-electron chi connectivity index (χ2n) is 8.20. The SMILES string of the molecule is CCOc1cccc(/C=N\NC(=O)CN(CCc2ccccc2)S(=O)(=O)c2ccc(NC(C)=O)cc2)c1O. The summed E-state index contributed by atoms with van der Waals surface area (Å²) in [5.41, 5.74) is 4.01. The molecule has 0 aromatic heterocycles. The molecule has 3 N–H and O–H groups in total. The number of phenolic OH excluding ortho intramolecular Hbond substituents is 1. The number of amides is 2. The minimum Gasteiger partial charge on any atom is -0.504 e. The highest BCUT2D eigenvalue weighted by Crippen LogP contribution is 2.28. The molecular formula is C27H30N4O6S. The number of hydrazone groups is 1. The van der Waals surface area contributed by atoms with Crippen molar-refractivity contribution in [3.8, 4) is 11.5 Å². The van der Waals surface area contributed by atoms with Gasteiger partial charge in [0.25, 0.3) is 5.91 Å². The molecule has 0 bridgehead atoms. The first kappa shape index (κ1) is 28.4. The number of benzene rings is 3. The third-order valence-corrected chi connectivity index (χ3v) is 7.21. The minimum atomic E-state index is -4.06. The summed E-state index contributed by atoms with van der Waals surface area (Å²) in [7, 11) is -4.06. The molecule has 0 aliphatic carbocycles. The number of nitrogens with one attached hydrogen (secondary N) is 2. The third kappa shape index (κ3) is 7.89. The molecule has 0 fully saturated rings. The van der Waals surface area contributed by atoms with E-state index >= 15 is 0 Å². The van der Waals surface area contributed by atoms with Gasteiger partial charge in [0.15, 0.2) is 11.5 Å². The summed E-state index contributed by atoms with van der Waals surface area (Å²) in [6.07, 6.45) is 1.64. The van der Waals surface area contributed by atoms with Crippen molar-refractivity contribution in [1.29, 1.82) is 0 Å². The summed E-state index contributed by atoms with van der Waals surface area (Å²) in [4.78, 5) is 23.9. The van der Waals surface area contributed by atoms with Gasteiger partial charge < -0.3 is 15.2 Å². The zero-order valence-corrected chi connectivity index (χ0v) is 21.9. The number of hydrogen-bond acceptors (Lipinski definition) is 7. The predicted octanol–water partition coefficient (Wildman–Crippen LogP) is 3.13. The molecule has 10 nitrogen and oxygen atoms in total. The van der Waals surface area contributed by atoms with Gasteiger partial charge in [0, 0.05) is 24.7 Å². The highest BCUT2D eigenvalue weighted by molar-refractivity contribution is 7.89. The molecule has 11 heteroatoms. The summed E-state index contributed by atoms with van der Waals surface area (Å²) < 4.78 is 33.3. The monoisotopic (exact) mass is 538 g/mol. The predicted molar refractivity (Wildman–Crippen MR) is 145 cm³/mol. The summed E-state index contributed by atoms with van der Waals surface area (Å²) in [5, 5.41) is 16.7. The number of nitrogens with zero attached hydrogens (tertiary/aromatic N) is 2. The number of aromatic hydroxyl groups is 1. The molecule has 200 valence electrons. The Bertz CT molecular complexity index is 1380. The Hall–Kier alpha value is -4.22. The molecule has 0 heterocycles. The lowest BCUT2D eigenvalue weighted by atomic mass is 10.1. The van der Waals surface area contributed by atoms with Crippen LogP contribution in [0.4, 0.5) is 5.69 Å². The van der Waals surface area contributed by atoms with Crippen LogP contribution in [0.25, 0.3) is 0 Å². The molecule has 3 rings (SSSR count). The van der Waals surface area contributed by atoms with Crippen molar-refractivity contribution < 1.29 is 27.9 Å². The molecule has 0 aliphatic rings. The van der Waals surface area contributed by atoms with Crippen LogP contribution in [-0.2, 0) is 26.0 Å². The van der Waals surface area contributed by atoms with Crippen LogP contribution >= 0.6 is 0 Å². The van der Waals surface area contributed by atoms with Crippen molar-refractivity contribution in [2.75, 3.05) is 25.0 Å². The van der Waals surface area contributed by atoms with Crippen molar-refractivity contribution in [1.82, 2.24) is 9.73 Å². The van der Waals surface area contributed by atoms with E-state index in [4.69, 9.17) is 4.74 Å². The topological polar surface area (TPSA) is 137 Å². The van der Waals surface area contributed by atoms with Gasteiger partial charge in [0.1, 0.15) is 0 Å². The van der Waals surface area contributed by atoms with E-state index in [1.807, 2.05) is 30.3 Å². The molecule has 0 aliphatic heterocycles. The van der Waals surface area contributed by atoms with Gasteiger partial charge in [-0.2, -0.15) is 9.41 Å². The lowest BCUT2D eigenvalue weighted by Crippen LogP contribution is -2.40. The van der Waals surface area contributed by atoms with Gasteiger partial charge >= 0.3 is 0 Å². The number of carbonyl (C=O) groups excluding carboxylic acids is 2. The first-order valence-electron chi connectivity index (χ1n) is 11.9. The van der Waals surface area contributed by atoms with E-state index in [0.717, 1.165) is 9.87 Å². The van der Waals surface area contributed by atoms with E-state index in [9.17, 15) is 23.1 Å².